The molecule has 0 bridgehead atoms. The van der Waals surface area contributed by atoms with Crippen molar-refractivity contribution in [1.82, 2.24) is 0 Å². The highest BCUT2D eigenvalue weighted by atomic mass is 16.6. The number of hydrogen-bond acceptors (Lipinski definition) is 6. The van der Waals surface area contributed by atoms with E-state index < -0.39 is 0 Å². The fourth-order valence-corrected chi connectivity index (χ4v) is 3.36. The van der Waals surface area contributed by atoms with Gasteiger partial charge in [0.05, 0.1) is 24.6 Å². The highest BCUT2D eigenvalue weighted by Gasteiger charge is 2.19. The molecule has 0 radical (unpaired) electrons. The Bertz CT molecular complexity index is 925. The fourth-order valence-electron chi connectivity index (χ4n) is 3.36. The number of carbonyl (C=O) groups excluding carboxylic acids is 2. The van der Waals surface area contributed by atoms with E-state index in [-0.39, 0.29) is 11.8 Å². The summed E-state index contributed by atoms with van der Waals surface area (Å²) in [7, 11) is 0. The van der Waals surface area contributed by atoms with Gasteiger partial charge in [-0.15, -0.1) is 0 Å². The number of benzene rings is 2. The van der Waals surface area contributed by atoms with Crippen molar-refractivity contribution in [1.29, 1.82) is 0 Å². The maximum Gasteiger partial charge on any atom is 0.255 e. The lowest BCUT2D eigenvalue weighted by molar-refractivity contribution is -0.114. The Balaban J connectivity index is 1.59. The van der Waals surface area contributed by atoms with Gasteiger partial charge in [0.25, 0.3) is 5.91 Å². The first-order valence-corrected chi connectivity index (χ1v) is 9.55. The highest BCUT2D eigenvalue weighted by molar-refractivity contribution is 6.06. The zero-order valence-corrected chi connectivity index (χ0v) is 16.2. The Kier molecular flexibility index (Phi) is 5.53. The number of nitrogens with zero attached hydrogens (tertiary/aromatic N) is 1. The number of carbonyl (C=O) groups is 2. The van der Waals surface area contributed by atoms with Gasteiger partial charge in [-0.3, -0.25) is 9.59 Å². The van der Waals surface area contributed by atoms with Crippen LogP contribution in [0.2, 0.25) is 0 Å². The standard InChI is InChI=1S/C21H23N3O5/c1-14(25)22-16-3-4-17(18(13-16)24-6-8-27-9-7-24)23-21(26)15-2-5-19-20(12-15)29-11-10-28-19/h2-5,12-13H,6-11H2,1H3,(H,22,25)(H,23,26). The molecule has 2 aliphatic rings. The Labute approximate surface area is 168 Å². The molecular weight excluding hydrogens is 374 g/mol. The van der Waals surface area contributed by atoms with Gasteiger partial charge in [0.1, 0.15) is 13.2 Å². The van der Waals surface area contributed by atoms with Crippen molar-refractivity contribution in [2.24, 2.45) is 0 Å². The number of amides is 2. The van der Waals surface area contributed by atoms with Crippen molar-refractivity contribution in [2.75, 3.05) is 55.1 Å². The summed E-state index contributed by atoms with van der Waals surface area (Å²) in [6.45, 7) is 5.06. The largest absolute Gasteiger partial charge is 0.486 e. The monoisotopic (exact) mass is 397 g/mol. The van der Waals surface area contributed by atoms with E-state index in [1.54, 1.807) is 30.3 Å². The Hall–Kier alpha value is -3.26. The van der Waals surface area contributed by atoms with Crippen molar-refractivity contribution in [2.45, 2.75) is 6.92 Å². The van der Waals surface area contributed by atoms with Crippen molar-refractivity contribution >= 4 is 28.9 Å². The van der Waals surface area contributed by atoms with Crippen LogP contribution in [0.5, 0.6) is 11.5 Å². The minimum Gasteiger partial charge on any atom is -0.486 e. The zero-order valence-electron chi connectivity index (χ0n) is 16.2. The third-order valence-electron chi connectivity index (χ3n) is 4.72. The van der Waals surface area contributed by atoms with Gasteiger partial charge in [0.2, 0.25) is 5.91 Å². The van der Waals surface area contributed by atoms with E-state index in [9.17, 15) is 9.59 Å². The van der Waals surface area contributed by atoms with E-state index >= 15 is 0 Å². The number of fused-ring (bicyclic) bond motifs is 1. The lowest BCUT2D eigenvalue weighted by Gasteiger charge is -2.31. The normalized spacial score (nSPS) is 15.6. The van der Waals surface area contributed by atoms with Crippen LogP contribution < -0.4 is 25.0 Å². The molecule has 8 nitrogen and oxygen atoms in total. The van der Waals surface area contributed by atoms with Crippen molar-refractivity contribution in [3.8, 4) is 11.5 Å². The van der Waals surface area contributed by atoms with Crippen LogP contribution in [0.1, 0.15) is 17.3 Å². The van der Waals surface area contributed by atoms with Gasteiger partial charge in [0.15, 0.2) is 11.5 Å². The van der Waals surface area contributed by atoms with E-state index in [0.29, 0.717) is 68.0 Å². The van der Waals surface area contributed by atoms with Crippen LogP contribution in [0, 0.1) is 0 Å². The molecule has 1 saturated heterocycles. The van der Waals surface area contributed by atoms with Gasteiger partial charge in [-0.05, 0) is 36.4 Å². The molecule has 0 unspecified atom stereocenters. The Morgan fingerprint density at radius 2 is 1.66 bits per heavy atom. The minimum absolute atomic E-state index is 0.147. The molecule has 2 amide bonds. The second-order valence-corrected chi connectivity index (χ2v) is 6.83. The molecule has 4 rings (SSSR count). The predicted molar refractivity (Wildman–Crippen MR) is 109 cm³/mol. The average Bonchev–Trinajstić information content (AvgIpc) is 2.74. The number of nitrogens with one attached hydrogen (secondary N) is 2. The zero-order chi connectivity index (χ0) is 20.2. The molecule has 1 fully saturated rings. The molecule has 2 aromatic carbocycles. The summed E-state index contributed by atoms with van der Waals surface area (Å²) in [5.74, 6) is 0.814. The summed E-state index contributed by atoms with van der Waals surface area (Å²) < 4.78 is 16.5. The van der Waals surface area contributed by atoms with Crippen LogP contribution in [0.25, 0.3) is 0 Å². The van der Waals surface area contributed by atoms with Crippen LogP contribution in [0.4, 0.5) is 17.1 Å². The summed E-state index contributed by atoms with van der Waals surface area (Å²) >= 11 is 0. The van der Waals surface area contributed by atoms with Crippen molar-refractivity contribution < 1.29 is 23.8 Å². The number of anilines is 3. The van der Waals surface area contributed by atoms with Crippen LogP contribution in [-0.4, -0.2) is 51.3 Å². The lowest BCUT2D eigenvalue weighted by atomic mass is 10.1. The van der Waals surface area contributed by atoms with Gasteiger partial charge in [-0.1, -0.05) is 0 Å². The third-order valence-corrected chi connectivity index (χ3v) is 4.72. The van der Waals surface area contributed by atoms with Crippen molar-refractivity contribution in [3.63, 3.8) is 0 Å². The molecule has 0 saturated carbocycles. The molecule has 0 aromatic heterocycles. The van der Waals surface area contributed by atoms with Crippen LogP contribution in [0.3, 0.4) is 0 Å². The first-order chi connectivity index (χ1) is 14.1. The number of hydrogen-bond donors (Lipinski definition) is 2. The van der Waals surface area contributed by atoms with Gasteiger partial charge >= 0.3 is 0 Å². The van der Waals surface area contributed by atoms with Gasteiger partial charge in [-0.2, -0.15) is 0 Å². The summed E-state index contributed by atoms with van der Waals surface area (Å²) in [5, 5.41) is 5.77. The van der Waals surface area contributed by atoms with Crippen LogP contribution in [-0.2, 0) is 9.53 Å². The number of ether oxygens (including phenoxy) is 3. The first kappa shape index (κ1) is 19.1. The van der Waals surface area contributed by atoms with E-state index in [2.05, 4.69) is 15.5 Å². The number of rotatable bonds is 4. The molecule has 0 aliphatic carbocycles. The Morgan fingerprint density at radius 1 is 0.897 bits per heavy atom. The second kappa shape index (κ2) is 8.40. The first-order valence-electron chi connectivity index (χ1n) is 9.55. The van der Waals surface area contributed by atoms with Gasteiger partial charge in [-0.25, -0.2) is 0 Å². The Morgan fingerprint density at radius 3 is 2.41 bits per heavy atom. The topological polar surface area (TPSA) is 89.1 Å². The SMILES string of the molecule is CC(=O)Nc1ccc(NC(=O)c2ccc3c(c2)OCCO3)c(N2CCOCC2)c1. The molecule has 2 aliphatic heterocycles. The second-order valence-electron chi connectivity index (χ2n) is 6.83. The van der Waals surface area contributed by atoms with Crippen molar-refractivity contribution in [3.05, 3.63) is 42.0 Å². The number of morpholine rings is 1. The fraction of sp³-hybridized carbons (Fsp3) is 0.333. The molecule has 2 heterocycles. The molecule has 2 N–H and O–H groups in total. The third kappa shape index (κ3) is 4.43. The molecule has 152 valence electrons. The molecule has 8 heteroatoms. The van der Waals surface area contributed by atoms with E-state index in [1.807, 2.05) is 6.07 Å². The minimum atomic E-state index is -0.247. The summed E-state index contributed by atoms with van der Waals surface area (Å²) in [6, 6.07) is 10.6. The molecular formula is C21H23N3O5. The quantitative estimate of drug-likeness (QED) is 0.824. The summed E-state index contributed by atoms with van der Waals surface area (Å²) in [4.78, 5) is 26.4. The maximum absolute atomic E-state index is 12.9. The van der Waals surface area contributed by atoms with Crippen LogP contribution >= 0.6 is 0 Å². The van der Waals surface area contributed by atoms with Crippen LogP contribution in [0.15, 0.2) is 36.4 Å². The van der Waals surface area contributed by atoms with Gasteiger partial charge in [0, 0.05) is 31.3 Å². The molecule has 0 atom stereocenters. The van der Waals surface area contributed by atoms with E-state index in [0.717, 1.165) is 5.69 Å². The highest BCUT2D eigenvalue weighted by Crippen LogP contribution is 2.33. The average molecular weight is 397 g/mol. The van der Waals surface area contributed by atoms with Gasteiger partial charge < -0.3 is 29.7 Å². The molecule has 2 aromatic rings. The lowest BCUT2D eigenvalue weighted by Crippen LogP contribution is -2.36. The summed E-state index contributed by atoms with van der Waals surface area (Å²) in [6.07, 6.45) is 0. The smallest absolute Gasteiger partial charge is 0.255 e. The van der Waals surface area contributed by atoms with E-state index in [4.69, 9.17) is 14.2 Å². The summed E-state index contributed by atoms with van der Waals surface area (Å²) in [5.41, 5.74) is 2.66. The molecule has 0 spiro atoms. The molecule has 29 heavy (non-hydrogen) atoms. The predicted octanol–water partition coefficient (Wildman–Crippen LogP) is 2.51. The van der Waals surface area contributed by atoms with E-state index in [1.165, 1.54) is 6.92 Å². The maximum atomic E-state index is 12.9.